The number of hydrogen-bond acceptors (Lipinski definition) is 7. The van der Waals surface area contributed by atoms with Crippen LogP contribution in [0.4, 0.5) is 0 Å². The summed E-state index contributed by atoms with van der Waals surface area (Å²) in [6, 6.07) is 9.60. The molecule has 0 saturated heterocycles. The quantitative estimate of drug-likeness (QED) is 0.291. The predicted molar refractivity (Wildman–Crippen MR) is 86.8 cm³/mol. The highest BCUT2D eigenvalue weighted by Gasteiger charge is 2.29. The van der Waals surface area contributed by atoms with Gasteiger partial charge in [0.1, 0.15) is 24.4 Å². The summed E-state index contributed by atoms with van der Waals surface area (Å²) in [5.41, 5.74) is 1.73. The van der Waals surface area contributed by atoms with Gasteiger partial charge in [0.05, 0.1) is 13.0 Å². The van der Waals surface area contributed by atoms with Crippen molar-refractivity contribution in [3.05, 3.63) is 36.0 Å². The lowest BCUT2D eigenvalue weighted by molar-refractivity contribution is -0.136. The molecule has 0 radical (unpaired) electrons. The maximum atomic E-state index is 10.4. The van der Waals surface area contributed by atoms with Crippen LogP contribution >= 0.6 is 0 Å². The number of carboxylic acid groups (broad SMARTS) is 1. The molecule has 25 heavy (non-hydrogen) atoms. The Balaban J connectivity index is 0.000000252. The van der Waals surface area contributed by atoms with E-state index in [1.54, 1.807) is 0 Å². The molecule has 0 unspecified atom stereocenters. The summed E-state index contributed by atoms with van der Waals surface area (Å²) in [5.74, 6) is -0.813. The molecule has 2 aromatic rings. The first-order chi connectivity index (χ1) is 11.8. The molecule has 0 aliphatic rings. The van der Waals surface area contributed by atoms with Crippen LogP contribution in [0.15, 0.2) is 30.3 Å². The molecule has 4 atom stereocenters. The van der Waals surface area contributed by atoms with Crippen molar-refractivity contribution in [2.75, 3.05) is 6.61 Å². The minimum Gasteiger partial charge on any atom is -0.481 e. The van der Waals surface area contributed by atoms with Gasteiger partial charge in [0.25, 0.3) is 0 Å². The Morgan fingerprint density at radius 1 is 1.12 bits per heavy atom. The second kappa shape index (κ2) is 9.87. The average molecular weight is 355 g/mol. The van der Waals surface area contributed by atoms with Crippen LogP contribution in [0.1, 0.15) is 5.69 Å². The molecule has 0 saturated carbocycles. The second-order valence-corrected chi connectivity index (χ2v) is 5.31. The van der Waals surface area contributed by atoms with Crippen LogP contribution < -0.4 is 0 Å². The van der Waals surface area contributed by atoms with Crippen molar-refractivity contribution in [3.63, 3.8) is 0 Å². The van der Waals surface area contributed by atoms with Crippen molar-refractivity contribution in [1.29, 1.82) is 0 Å². The van der Waals surface area contributed by atoms with Crippen molar-refractivity contribution in [1.82, 2.24) is 4.98 Å². The first kappa shape index (κ1) is 20.7. The third-order valence-electron chi connectivity index (χ3n) is 3.35. The van der Waals surface area contributed by atoms with E-state index < -0.39 is 37.0 Å². The minimum atomic E-state index is -1.79. The summed E-state index contributed by atoms with van der Waals surface area (Å²) in [6.07, 6.45) is -6.79. The van der Waals surface area contributed by atoms with E-state index in [9.17, 15) is 9.59 Å². The summed E-state index contributed by atoms with van der Waals surface area (Å²) >= 11 is 0. The van der Waals surface area contributed by atoms with Gasteiger partial charge in [-0.2, -0.15) is 0 Å². The molecule has 0 bridgehead atoms. The number of H-pyrrole nitrogens is 1. The molecule has 7 N–H and O–H groups in total. The van der Waals surface area contributed by atoms with E-state index in [1.807, 2.05) is 30.3 Å². The Bertz CT molecular complexity index is 653. The Morgan fingerprint density at radius 3 is 2.28 bits per heavy atom. The number of carbonyl (C=O) groups is 2. The highest BCUT2D eigenvalue weighted by Crippen LogP contribution is 2.14. The third-order valence-corrected chi connectivity index (χ3v) is 3.35. The zero-order valence-electron chi connectivity index (χ0n) is 13.2. The topological polar surface area (TPSA) is 171 Å². The first-order valence-electron chi connectivity index (χ1n) is 7.37. The minimum absolute atomic E-state index is 0.0258. The molecule has 0 amide bonds. The fraction of sp³-hybridized carbons (Fsp3) is 0.375. The smallest absolute Gasteiger partial charge is 0.309 e. The van der Waals surface area contributed by atoms with Crippen LogP contribution in [0.5, 0.6) is 0 Å². The summed E-state index contributed by atoms with van der Waals surface area (Å²) in [4.78, 5) is 23.4. The fourth-order valence-corrected chi connectivity index (χ4v) is 2.01. The first-order valence-corrected chi connectivity index (χ1v) is 7.37. The molecular formula is C16H21NO8. The van der Waals surface area contributed by atoms with Gasteiger partial charge in [0.15, 0.2) is 6.29 Å². The Hall–Kier alpha value is -2.30. The molecule has 0 aliphatic carbocycles. The zero-order valence-corrected chi connectivity index (χ0v) is 13.2. The maximum Gasteiger partial charge on any atom is 0.309 e. The summed E-state index contributed by atoms with van der Waals surface area (Å²) in [7, 11) is 0. The molecule has 1 heterocycles. The van der Waals surface area contributed by atoms with Crippen LogP contribution in [0, 0.1) is 0 Å². The number of aliphatic hydroxyl groups is 5. The normalized spacial score (nSPS) is 15.6. The number of nitrogens with one attached hydrogen (secondary N) is 1. The van der Waals surface area contributed by atoms with E-state index >= 15 is 0 Å². The Morgan fingerprint density at radius 2 is 1.76 bits per heavy atom. The summed E-state index contributed by atoms with van der Waals surface area (Å²) in [5, 5.41) is 53.2. The molecule has 0 fully saturated rings. The SMILES string of the molecule is O=C(O)Cc1cc2ccccc2[nH]1.O=C[C@H](O)[C@@H](O)[C@H](O)[C@H](O)CO. The van der Waals surface area contributed by atoms with Crippen LogP contribution in [-0.2, 0) is 16.0 Å². The van der Waals surface area contributed by atoms with Gasteiger partial charge in [-0.1, -0.05) is 18.2 Å². The van der Waals surface area contributed by atoms with E-state index in [0.717, 1.165) is 16.6 Å². The van der Waals surface area contributed by atoms with Crippen LogP contribution in [-0.4, -0.2) is 78.9 Å². The number of para-hydroxylation sites is 1. The monoisotopic (exact) mass is 355 g/mol. The van der Waals surface area contributed by atoms with Crippen molar-refractivity contribution in [2.45, 2.75) is 30.8 Å². The molecule has 9 heteroatoms. The van der Waals surface area contributed by atoms with Crippen molar-refractivity contribution in [2.24, 2.45) is 0 Å². The molecule has 2 rings (SSSR count). The number of rotatable bonds is 7. The van der Waals surface area contributed by atoms with Gasteiger partial charge in [-0.3, -0.25) is 4.79 Å². The number of aromatic nitrogens is 1. The number of carboxylic acids is 1. The van der Waals surface area contributed by atoms with Crippen LogP contribution in [0.2, 0.25) is 0 Å². The van der Waals surface area contributed by atoms with Gasteiger partial charge in [-0.05, 0) is 17.5 Å². The van der Waals surface area contributed by atoms with E-state index in [2.05, 4.69) is 4.98 Å². The third kappa shape index (κ3) is 6.25. The second-order valence-electron chi connectivity index (χ2n) is 5.31. The number of aliphatic carboxylic acids is 1. The lowest BCUT2D eigenvalue weighted by atomic mass is 10.0. The van der Waals surface area contributed by atoms with Crippen molar-refractivity contribution in [3.8, 4) is 0 Å². The van der Waals surface area contributed by atoms with E-state index in [4.69, 9.17) is 30.6 Å². The summed E-state index contributed by atoms with van der Waals surface area (Å²) < 4.78 is 0. The van der Waals surface area contributed by atoms with Crippen LogP contribution in [0.3, 0.4) is 0 Å². The molecule has 138 valence electrons. The highest BCUT2D eigenvalue weighted by molar-refractivity contribution is 5.82. The van der Waals surface area contributed by atoms with Gasteiger partial charge in [-0.15, -0.1) is 0 Å². The molecule has 0 spiro atoms. The Labute approximate surface area is 142 Å². The van der Waals surface area contributed by atoms with Crippen LogP contribution in [0.25, 0.3) is 10.9 Å². The number of fused-ring (bicyclic) bond motifs is 1. The number of aromatic amines is 1. The standard InChI is InChI=1S/C10H9NO2.C6H12O6/c12-10(13)6-8-5-7-3-1-2-4-9(7)11-8;7-1-3(9)5(11)6(12)4(10)2-8/h1-5,11H,6H2,(H,12,13);1,3-6,8-12H,2H2/t;3-,4+,5+,6+/m.0/s1. The number of carbonyl (C=O) groups excluding carboxylic acids is 1. The fourth-order valence-electron chi connectivity index (χ4n) is 2.01. The largest absolute Gasteiger partial charge is 0.481 e. The molecule has 1 aromatic carbocycles. The van der Waals surface area contributed by atoms with Gasteiger partial charge in [0, 0.05) is 11.2 Å². The van der Waals surface area contributed by atoms with E-state index in [0.29, 0.717) is 0 Å². The summed E-state index contributed by atoms with van der Waals surface area (Å²) in [6.45, 7) is -0.760. The van der Waals surface area contributed by atoms with E-state index in [1.165, 1.54) is 0 Å². The number of aldehydes is 1. The lowest BCUT2D eigenvalue weighted by Gasteiger charge is -2.22. The molecule has 0 aliphatic heterocycles. The van der Waals surface area contributed by atoms with Gasteiger partial charge < -0.3 is 40.4 Å². The highest BCUT2D eigenvalue weighted by atomic mass is 16.4. The average Bonchev–Trinajstić information content (AvgIpc) is 3.00. The van der Waals surface area contributed by atoms with Crippen molar-refractivity contribution >= 4 is 23.2 Å². The zero-order chi connectivity index (χ0) is 19.0. The molecule has 9 nitrogen and oxygen atoms in total. The lowest BCUT2D eigenvalue weighted by Crippen LogP contribution is -2.46. The number of benzene rings is 1. The molecule has 1 aromatic heterocycles. The Kier molecular flexibility index (Phi) is 8.19. The molecular weight excluding hydrogens is 334 g/mol. The van der Waals surface area contributed by atoms with Gasteiger partial charge >= 0.3 is 5.97 Å². The van der Waals surface area contributed by atoms with Gasteiger partial charge in [-0.25, -0.2) is 0 Å². The predicted octanol–water partition coefficient (Wildman–Crippen LogP) is -1.58. The van der Waals surface area contributed by atoms with Crippen molar-refractivity contribution < 1.29 is 40.2 Å². The number of hydrogen-bond donors (Lipinski definition) is 7. The van der Waals surface area contributed by atoms with Gasteiger partial charge in [0.2, 0.25) is 0 Å². The van der Waals surface area contributed by atoms with E-state index in [-0.39, 0.29) is 12.7 Å². The number of aliphatic hydroxyl groups excluding tert-OH is 5. The maximum absolute atomic E-state index is 10.4.